The molecule has 0 bridgehead atoms. The number of para-hydroxylation sites is 1. The summed E-state index contributed by atoms with van der Waals surface area (Å²) in [6.07, 6.45) is 6.86. The quantitative estimate of drug-likeness (QED) is 0.186. The van der Waals surface area contributed by atoms with E-state index in [0.717, 1.165) is 35.1 Å². The van der Waals surface area contributed by atoms with Gasteiger partial charge in [-0.2, -0.15) is 0 Å². The number of rotatable bonds is 2. The highest BCUT2D eigenvalue weighted by atomic mass is 35.5. The van der Waals surface area contributed by atoms with E-state index < -0.39 is 0 Å². The maximum absolute atomic E-state index is 6.89. The molecule has 4 nitrogen and oxygen atoms in total. The van der Waals surface area contributed by atoms with Crippen LogP contribution in [-0.2, 0) is 0 Å². The molecule has 11 rings (SSSR count). The summed E-state index contributed by atoms with van der Waals surface area (Å²) in [5.74, 6) is 0. The van der Waals surface area contributed by atoms with Gasteiger partial charge in [-0.25, -0.2) is 9.97 Å². The van der Waals surface area contributed by atoms with E-state index in [9.17, 15) is 0 Å². The van der Waals surface area contributed by atoms with Gasteiger partial charge in [0.25, 0.3) is 0 Å². The molecule has 4 aromatic heterocycles. The Morgan fingerprint density at radius 1 is 0.667 bits per heavy atom. The molecule has 1 aliphatic carbocycles. The van der Waals surface area contributed by atoms with Crippen LogP contribution >= 0.6 is 22.9 Å². The average Bonchev–Trinajstić information content (AvgIpc) is 3.81. The Morgan fingerprint density at radius 2 is 1.44 bits per heavy atom. The van der Waals surface area contributed by atoms with E-state index in [2.05, 4.69) is 102 Å². The number of halogens is 1. The molecule has 0 fully saturated rings. The van der Waals surface area contributed by atoms with Gasteiger partial charge in [0.15, 0.2) is 5.15 Å². The summed E-state index contributed by atoms with van der Waals surface area (Å²) in [4.78, 5) is 9.69. The van der Waals surface area contributed by atoms with Crippen LogP contribution in [0.2, 0.25) is 5.15 Å². The second kappa shape index (κ2) is 9.77. The molecule has 1 aliphatic rings. The third-order valence-electron chi connectivity index (χ3n) is 9.91. The second-order valence-electron chi connectivity index (χ2n) is 12.5. The van der Waals surface area contributed by atoms with Crippen molar-refractivity contribution < 1.29 is 4.42 Å². The van der Waals surface area contributed by atoms with Gasteiger partial charge in [-0.1, -0.05) is 109 Å². The first kappa shape index (κ1) is 26.6. The Balaban J connectivity index is 1.26. The summed E-state index contributed by atoms with van der Waals surface area (Å²) in [5, 5.41) is 12.9. The Morgan fingerprint density at radius 3 is 2.33 bits per heavy atom. The zero-order valence-electron chi connectivity index (χ0n) is 25.5. The molecule has 0 saturated heterocycles. The lowest BCUT2D eigenvalue weighted by molar-refractivity contribution is 0.653. The number of thiophene rings is 1. The molecule has 0 spiro atoms. The van der Waals surface area contributed by atoms with Crippen molar-refractivity contribution in [2.45, 2.75) is 12.8 Å². The predicted octanol–water partition coefficient (Wildman–Crippen LogP) is 10.7. The largest absolute Gasteiger partial charge is 0.436 e. The highest BCUT2D eigenvalue weighted by Gasteiger charge is 2.23. The average molecular weight is 654 g/mol. The predicted molar refractivity (Wildman–Crippen MR) is 202 cm³/mol. The third kappa shape index (κ3) is 3.55. The molecule has 0 aliphatic heterocycles. The molecule has 0 atom stereocenters. The van der Waals surface area contributed by atoms with Crippen molar-refractivity contribution in [3.8, 4) is 16.9 Å². The normalized spacial score (nSPS) is 13.3. The minimum absolute atomic E-state index is 0.357. The molecule has 226 valence electrons. The Bertz CT molecular complexity index is 3150. The van der Waals surface area contributed by atoms with Crippen LogP contribution in [0.1, 0.15) is 12.8 Å². The minimum Gasteiger partial charge on any atom is -0.436 e. The molecule has 6 aromatic carbocycles. The van der Waals surface area contributed by atoms with E-state index in [4.69, 9.17) is 26.0 Å². The Kier molecular flexibility index (Phi) is 5.41. The highest BCUT2D eigenvalue weighted by molar-refractivity contribution is 7.27. The van der Waals surface area contributed by atoms with E-state index in [-0.39, 0.29) is 0 Å². The summed E-state index contributed by atoms with van der Waals surface area (Å²) < 4.78 is 11.2. The summed E-state index contributed by atoms with van der Waals surface area (Å²) in [5.41, 5.74) is 5.72. The first-order valence-corrected chi connectivity index (χ1v) is 17.4. The molecule has 0 unspecified atom stereocenters. The van der Waals surface area contributed by atoms with E-state index in [1.807, 2.05) is 35.6 Å². The first-order valence-electron chi connectivity index (χ1n) is 16.2. The first-order chi connectivity index (χ1) is 23.7. The molecule has 10 aromatic rings. The van der Waals surface area contributed by atoms with E-state index in [0.29, 0.717) is 22.1 Å². The maximum atomic E-state index is 6.89. The van der Waals surface area contributed by atoms with E-state index >= 15 is 0 Å². The van der Waals surface area contributed by atoms with Crippen LogP contribution in [0.5, 0.6) is 0 Å². The van der Waals surface area contributed by atoms with Crippen molar-refractivity contribution in [2.24, 2.45) is 0 Å². The van der Waals surface area contributed by atoms with Crippen LogP contribution in [-0.4, -0.2) is 14.5 Å². The second-order valence-corrected chi connectivity index (χ2v) is 13.9. The number of benzene rings is 6. The number of hydrogen-bond donors (Lipinski definition) is 0. The van der Waals surface area contributed by atoms with E-state index in [1.165, 1.54) is 63.2 Å². The molecule has 0 radical (unpaired) electrons. The number of nitrogens with zero attached hydrogens (tertiary/aromatic N) is 3. The van der Waals surface area contributed by atoms with Gasteiger partial charge in [0.2, 0.25) is 5.71 Å². The molecular weight excluding hydrogens is 630 g/mol. The number of hydrogen-bond acceptors (Lipinski definition) is 4. The van der Waals surface area contributed by atoms with Gasteiger partial charge in [0, 0.05) is 48.1 Å². The summed E-state index contributed by atoms with van der Waals surface area (Å²) in [6.45, 7) is 0. The zero-order chi connectivity index (χ0) is 31.5. The zero-order valence-corrected chi connectivity index (χ0v) is 27.1. The lowest BCUT2D eigenvalue weighted by Crippen LogP contribution is -2.30. The molecular formula is C42H24ClN3OS. The van der Waals surface area contributed by atoms with Gasteiger partial charge in [0.1, 0.15) is 16.8 Å². The van der Waals surface area contributed by atoms with Crippen LogP contribution in [0.25, 0.3) is 104 Å². The van der Waals surface area contributed by atoms with Crippen molar-refractivity contribution >= 4 is 110 Å². The van der Waals surface area contributed by atoms with Crippen molar-refractivity contribution in [2.75, 3.05) is 0 Å². The summed E-state index contributed by atoms with van der Waals surface area (Å²) >= 11 is 8.80. The number of fused-ring (bicyclic) bond motifs is 15. The van der Waals surface area contributed by atoms with Crippen LogP contribution in [0.15, 0.2) is 114 Å². The van der Waals surface area contributed by atoms with Gasteiger partial charge in [0.05, 0.1) is 10.2 Å². The minimum atomic E-state index is 0.357. The van der Waals surface area contributed by atoms with Crippen molar-refractivity contribution in [1.82, 2.24) is 14.5 Å². The van der Waals surface area contributed by atoms with Crippen LogP contribution < -0.4 is 10.6 Å². The maximum Gasteiger partial charge on any atom is 0.247 e. The molecule has 0 amide bonds. The van der Waals surface area contributed by atoms with E-state index in [1.54, 1.807) is 0 Å². The smallest absolute Gasteiger partial charge is 0.247 e. The standard InChI is InChI=1S/C42H24ClN3OS/c43-41-36(45-42-37(44-41)30-17-6-8-19-33(30)47-42)24-11-9-12-25(22-24)46-32-18-7-5-16-29(32)34-27-14-3-4-15-28(27)35-31-21-20-23-10-1-2-13-26(23)39(31)48-40(35)38(34)46/h1-4,6,8-22H,5,7H2. The highest BCUT2D eigenvalue weighted by Crippen LogP contribution is 2.46. The van der Waals surface area contributed by atoms with Gasteiger partial charge < -0.3 is 8.98 Å². The molecule has 0 N–H and O–H groups in total. The fourth-order valence-electron chi connectivity index (χ4n) is 7.88. The summed E-state index contributed by atoms with van der Waals surface area (Å²) in [7, 11) is 0. The number of aromatic nitrogens is 3. The van der Waals surface area contributed by atoms with Crippen LogP contribution in [0.4, 0.5) is 0 Å². The fourth-order valence-corrected chi connectivity index (χ4v) is 9.50. The Hall–Kier alpha value is -5.49. The monoisotopic (exact) mass is 653 g/mol. The van der Waals surface area contributed by atoms with Gasteiger partial charge >= 0.3 is 0 Å². The van der Waals surface area contributed by atoms with Crippen molar-refractivity contribution in [3.05, 3.63) is 125 Å². The number of furan rings is 1. The SMILES string of the molecule is Clc1nc2c(nc1-c1cccc(-n3c4c(c5c6ccccc6c6c7ccc8ccccc8c7sc6c53)=CCCC=4)c1)oc1ccccc12. The van der Waals surface area contributed by atoms with Gasteiger partial charge in [-0.05, 0) is 58.7 Å². The molecule has 6 heteroatoms. The van der Waals surface area contributed by atoms with Crippen LogP contribution in [0.3, 0.4) is 0 Å². The molecule has 4 heterocycles. The topological polar surface area (TPSA) is 43.9 Å². The fraction of sp³-hybridized carbons (Fsp3) is 0.0476. The van der Waals surface area contributed by atoms with Gasteiger partial charge in [-0.3, -0.25) is 0 Å². The summed E-state index contributed by atoms with van der Waals surface area (Å²) in [6, 6.07) is 38.6. The molecule has 48 heavy (non-hydrogen) atoms. The lowest BCUT2D eigenvalue weighted by atomic mass is 9.98. The molecule has 0 saturated carbocycles. The van der Waals surface area contributed by atoms with Crippen LogP contribution in [0, 0.1) is 0 Å². The lowest BCUT2D eigenvalue weighted by Gasteiger charge is -2.12. The third-order valence-corrected chi connectivity index (χ3v) is 11.4. The van der Waals surface area contributed by atoms with Crippen molar-refractivity contribution in [3.63, 3.8) is 0 Å². The van der Waals surface area contributed by atoms with Gasteiger partial charge in [-0.15, -0.1) is 11.3 Å². The van der Waals surface area contributed by atoms with Crippen molar-refractivity contribution in [1.29, 1.82) is 0 Å². The Labute approximate surface area is 282 Å².